The van der Waals surface area contributed by atoms with E-state index in [0.29, 0.717) is 18.8 Å². The molecule has 140 valence electrons. The maximum Gasteiger partial charge on any atom is 0.246 e. The Kier molecular flexibility index (Phi) is 6.46. The first-order valence-electron chi connectivity index (χ1n) is 8.87. The van der Waals surface area contributed by atoms with Crippen molar-refractivity contribution < 1.29 is 13.2 Å². The first kappa shape index (κ1) is 19.7. The first-order chi connectivity index (χ1) is 11.8. The Morgan fingerprint density at radius 3 is 2.12 bits per heavy atom. The molecule has 7 heteroatoms. The van der Waals surface area contributed by atoms with E-state index in [2.05, 4.69) is 11.8 Å². The van der Waals surface area contributed by atoms with Gasteiger partial charge in [0, 0.05) is 26.2 Å². The molecule has 1 aliphatic rings. The number of benzene rings is 1. The van der Waals surface area contributed by atoms with E-state index in [1.165, 1.54) is 4.31 Å². The van der Waals surface area contributed by atoms with Crippen LogP contribution in [0.25, 0.3) is 0 Å². The van der Waals surface area contributed by atoms with Crippen molar-refractivity contribution in [2.45, 2.75) is 33.2 Å². The van der Waals surface area contributed by atoms with E-state index in [9.17, 15) is 13.2 Å². The Hall–Kier alpha value is -1.60. The number of amides is 1. The Morgan fingerprint density at radius 1 is 1.12 bits per heavy atom. The van der Waals surface area contributed by atoms with Gasteiger partial charge < -0.3 is 9.80 Å². The minimum atomic E-state index is -3.56. The van der Waals surface area contributed by atoms with Crippen LogP contribution in [0.2, 0.25) is 0 Å². The topological polar surface area (TPSA) is 60.9 Å². The summed E-state index contributed by atoms with van der Waals surface area (Å²) in [5.41, 5.74) is 1.67. The standard InChI is InChI=1S/C18H29N3O3S/c1-5-16-7-9-17(10-8-16)21(25(4,23)24)15(3)18(22)20-13-11-19(6-2)12-14-20/h7-10,15H,5-6,11-14H2,1-4H3/t15-/m0/s1. The predicted octanol–water partition coefficient (Wildman–Crippen LogP) is 1.57. The summed E-state index contributed by atoms with van der Waals surface area (Å²) < 4.78 is 26.0. The minimum absolute atomic E-state index is 0.138. The van der Waals surface area contributed by atoms with Gasteiger partial charge in [0.05, 0.1) is 11.9 Å². The molecule has 0 aliphatic carbocycles. The Balaban J connectivity index is 2.21. The van der Waals surface area contributed by atoms with Crippen molar-refractivity contribution in [1.82, 2.24) is 9.80 Å². The van der Waals surface area contributed by atoms with E-state index in [1.54, 1.807) is 24.0 Å². The fourth-order valence-corrected chi connectivity index (χ4v) is 4.40. The molecule has 1 saturated heterocycles. The monoisotopic (exact) mass is 367 g/mol. The molecule has 0 N–H and O–H groups in total. The summed E-state index contributed by atoms with van der Waals surface area (Å²) in [6.45, 7) is 9.74. The molecular formula is C18H29N3O3S. The second kappa shape index (κ2) is 8.19. The van der Waals surface area contributed by atoms with Gasteiger partial charge in [-0.1, -0.05) is 26.0 Å². The van der Waals surface area contributed by atoms with Gasteiger partial charge in [-0.2, -0.15) is 0 Å². The van der Waals surface area contributed by atoms with Crippen LogP contribution in [-0.2, 0) is 21.2 Å². The van der Waals surface area contributed by atoms with Crippen molar-refractivity contribution in [2.75, 3.05) is 43.3 Å². The molecule has 1 atom stereocenters. The van der Waals surface area contributed by atoms with E-state index < -0.39 is 16.1 Å². The van der Waals surface area contributed by atoms with Crippen molar-refractivity contribution in [3.63, 3.8) is 0 Å². The average Bonchev–Trinajstić information content (AvgIpc) is 2.60. The highest BCUT2D eigenvalue weighted by molar-refractivity contribution is 7.92. The van der Waals surface area contributed by atoms with Crippen molar-refractivity contribution in [3.8, 4) is 0 Å². The van der Waals surface area contributed by atoms with Crippen molar-refractivity contribution in [3.05, 3.63) is 29.8 Å². The molecule has 1 aromatic rings. The van der Waals surface area contributed by atoms with Crippen LogP contribution in [0.5, 0.6) is 0 Å². The van der Waals surface area contributed by atoms with Crippen molar-refractivity contribution in [1.29, 1.82) is 0 Å². The van der Waals surface area contributed by atoms with Gasteiger partial charge >= 0.3 is 0 Å². The Bertz CT molecular complexity index is 680. The van der Waals surface area contributed by atoms with E-state index in [-0.39, 0.29) is 5.91 Å². The number of nitrogens with zero attached hydrogens (tertiary/aromatic N) is 3. The van der Waals surface area contributed by atoms with Crippen LogP contribution in [-0.4, -0.2) is 69.1 Å². The van der Waals surface area contributed by atoms with Crippen LogP contribution in [0.4, 0.5) is 5.69 Å². The van der Waals surface area contributed by atoms with Crippen molar-refractivity contribution >= 4 is 21.6 Å². The van der Waals surface area contributed by atoms with E-state index in [0.717, 1.165) is 37.9 Å². The summed E-state index contributed by atoms with van der Waals surface area (Å²) in [6, 6.07) is 6.61. The number of hydrogen-bond donors (Lipinski definition) is 0. The fourth-order valence-electron chi connectivity index (χ4n) is 3.23. The van der Waals surface area contributed by atoms with Gasteiger partial charge in [0.2, 0.25) is 15.9 Å². The van der Waals surface area contributed by atoms with Crippen LogP contribution in [0.3, 0.4) is 0 Å². The van der Waals surface area contributed by atoms with Gasteiger partial charge in [0.15, 0.2) is 0 Å². The second-order valence-electron chi connectivity index (χ2n) is 6.51. The number of piperazine rings is 1. The van der Waals surface area contributed by atoms with Crippen LogP contribution in [0.1, 0.15) is 26.3 Å². The summed E-state index contributed by atoms with van der Waals surface area (Å²) in [5, 5.41) is 0. The molecule has 2 rings (SSSR count). The summed E-state index contributed by atoms with van der Waals surface area (Å²) in [6.07, 6.45) is 2.04. The van der Waals surface area contributed by atoms with Crippen LogP contribution < -0.4 is 4.31 Å². The highest BCUT2D eigenvalue weighted by Gasteiger charge is 2.33. The van der Waals surface area contributed by atoms with Crippen LogP contribution >= 0.6 is 0 Å². The maximum absolute atomic E-state index is 12.9. The number of anilines is 1. The quantitative estimate of drug-likeness (QED) is 0.766. The lowest BCUT2D eigenvalue weighted by Crippen LogP contribution is -2.55. The predicted molar refractivity (Wildman–Crippen MR) is 101 cm³/mol. The van der Waals surface area contributed by atoms with E-state index in [4.69, 9.17) is 0 Å². The molecule has 0 radical (unpaired) electrons. The highest BCUT2D eigenvalue weighted by Crippen LogP contribution is 2.23. The molecule has 0 aromatic heterocycles. The molecule has 1 aromatic carbocycles. The third kappa shape index (κ3) is 4.73. The zero-order valence-electron chi connectivity index (χ0n) is 15.6. The number of rotatable bonds is 6. The molecular weight excluding hydrogens is 338 g/mol. The SMILES string of the molecule is CCc1ccc(N([C@@H](C)C(=O)N2CCN(CC)CC2)S(C)(=O)=O)cc1. The van der Waals surface area contributed by atoms with E-state index in [1.807, 2.05) is 19.1 Å². The van der Waals surface area contributed by atoms with Gasteiger partial charge in [-0.3, -0.25) is 9.10 Å². The van der Waals surface area contributed by atoms with Crippen molar-refractivity contribution in [2.24, 2.45) is 0 Å². The lowest BCUT2D eigenvalue weighted by molar-refractivity contribution is -0.133. The summed E-state index contributed by atoms with van der Waals surface area (Å²) in [7, 11) is -3.56. The van der Waals surface area contributed by atoms with Gasteiger partial charge in [0.1, 0.15) is 6.04 Å². The number of aryl methyl sites for hydroxylation is 1. The Labute approximate surface area is 151 Å². The first-order valence-corrected chi connectivity index (χ1v) is 10.7. The Morgan fingerprint density at radius 2 is 1.68 bits per heavy atom. The van der Waals surface area contributed by atoms with Gasteiger partial charge in [-0.05, 0) is 37.6 Å². The molecule has 1 fully saturated rings. The molecule has 1 aliphatic heterocycles. The molecule has 1 amide bonds. The average molecular weight is 368 g/mol. The lowest BCUT2D eigenvalue weighted by atomic mass is 10.1. The molecule has 0 spiro atoms. The normalized spacial score (nSPS) is 17.4. The van der Waals surface area contributed by atoms with Crippen LogP contribution in [0.15, 0.2) is 24.3 Å². The number of sulfonamides is 1. The minimum Gasteiger partial charge on any atom is -0.338 e. The molecule has 0 bridgehead atoms. The number of carbonyl (C=O) groups excluding carboxylic acids is 1. The zero-order valence-corrected chi connectivity index (χ0v) is 16.4. The largest absolute Gasteiger partial charge is 0.338 e. The fraction of sp³-hybridized carbons (Fsp3) is 0.611. The van der Waals surface area contributed by atoms with Gasteiger partial charge in [-0.15, -0.1) is 0 Å². The summed E-state index contributed by atoms with van der Waals surface area (Å²) in [5.74, 6) is -0.138. The van der Waals surface area contributed by atoms with Crippen LogP contribution in [0, 0.1) is 0 Å². The number of likely N-dealkylation sites (N-methyl/N-ethyl adjacent to an activating group) is 1. The smallest absolute Gasteiger partial charge is 0.246 e. The lowest BCUT2D eigenvalue weighted by Gasteiger charge is -2.37. The third-order valence-electron chi connectivity index (χ3n) is 4.80. The van der Waals surface area contributed by atoms with Gasteiger partial charge in [0.25, 0.3) is 0 Å². The molecule has 6 nitrogen and oxygen atoms in total. The maximum atomic E-state index is 12.9. The summed E-state index contributed by atoms with van der Waals surface area (Å²) >= 11 is 0. The number of carbonyl (C=O) groups is 1. The molecule has 1 heterocycles. The summed E-state index contributed by atoms with van der Waals surface area (Å²) in [4.78, 5) is 16.9. The molecule has 0 unspecified atom stereocenters. The zero-order chi connectivity index (χ0) is 18.6. The van der Waals surface area contributed by atoms with E-state index >= 15 is 0 Å². The third-order valence-corrected chi connectivity index (χ3v) is 6.04. The molecule has 0 saturated carbocycles. The second-order valence-corrected chi connectivity index (χ2v) is 8.37. The highest BCUT2D eigenvalue weighted by atomic mass is 32.2. The van der Waals surface area contributed by atoms with Gasteiger partial charge in [-0.25, -0.2) is 8.42 Å². The molecule has 25 heavy (non-hydrogen) atoms. The number of hydrogen-bond acceptors (Lipinski definition) is 4.